The van der Waals surface area contributed by atoms with E-state index in [4.69, 9.17) is 9.15 Å². The molecule has 1 fully saturated rings. The van der Waals surface area contributed by atoms with Crippen LogP contribution < -0.4 is 4.74 Å². The maximum atomic E-state index is 12.7. The summed E-state index contributed by atoms with van der Waals surface area (Å²) in [5.41, 5.74) is -0.531. The number of carbonyl (C=O) groups is 2. The van der Waals surface area contributed by atoms with Crippen LogP contribution in [0.3, 0.4) is 0 Å². The molecule has 204 valence electrons. The maximum absolute atomic E-state index is 12.7. The lowest BCUT2D eigenvalue weighted by Crippen LogP contribution is -2.52. The lowest BCUT2D eigenvalue weighted by atomic mass is 10.1. The summed E-state index contributed by atoms with van der Waals surface area (Å²) in [6, 6.07) is 4.88. The number of oxazole rings is 1. The van der Waals surface area contributed by atoms with Crippen LogP contribution in [0.5, 0.6) is 5.75 Å². The molecule has 1 aliphatic rings. The smallest absolute Gasteiger partial charge is 0.434 e. The van der Waals surface area contributed by atoms with Crippen LogP contribution in [0.1, 0.15) is 19.4 Å². The SMILES string of the molecule is CC(C)(Oc1cc(-c2ncco2)ccc1CN1CCN(C(=O)OC(C(F)(F)F)C(F)(F)F)CC1)C(=O)O. The maximum Gasteiger partial charge on any atom is 0.434 e. The number of ether oxygens (including phenoxy) is 2. The fraction of sp³-hybridized carbons (Fsp3) is 0.500. The Labute approximate surface area is 206 Å². The van der Waals surface area contributed by atoms with Crippen molar-refractivity contribution in [3.8, 4) is 17.2 Å². The lowest BCUT2D eigenvalue weighted by Gasteiger charge is -2.35. The van der Waals surface area contributed by atoms with Crippen molar-refractivity contribution in [2.75, 3.05) is 26.2 Å². The number of aromatic nitrogens is 1. The number of hydrogen-bond donors (Lipinski definition) is 1. The van der Waals surface area contributed by atoms with E-state index in [-0.39, 0.29) is 44.4 Å². The third-order valence-electron chi connectivity index (χ3n) is 5.46. The number of alkyl halides is 6. The zero-order valence-electron chi connectivity index (χ0n) is 19.6. The molecular weight excluding hydrogens is 516 g/mol. The van der Waals surface area contributed by atoms with Crippen molar-refractivity contribution >= 4 is 12.1 Å². The highest BCUT2D eigenvalue weighted by Crippen LogP contribution is 2.36. The topological polar surface area (TPSA) is 105 Å². The Kier molecular flexibility index (Phi) is 7.95. The zero-order valence-corrected chi connectivity index (χ0v) is 19.6. The number of halogens is 6. The first-order valence-electron chi connectivity index (χ1n) is 10.8. The number of carbonyl (C=O) groups excluding carboxylic acids is 1. The monoisotopic (exact) mass is 539 g/mol. The van der Waals surface area contributed by atoms with Crippen LogP contribution in [-0.4, -0.2) is 82.2 Å². The summed E-state index contributed by atoms with van der Waals surface area (Å²) < 4.78 is 90.9. The summed E-state index contributed by atoms with van der Waals surface area (Å²) in [6.45, 7) is 2.72. The minimum atomic E-state index is -5.80. The van der Waals surface area contributed by atoms with Gasteiger partial charge in [0.15, 0.2) is 5.60 Å². The van der Waals surface area contributed by atoms with Gasteiger partial charge in [-0.05, 0) is 26.0 Å². The molecule has 0 bridgehead atoms. The van der Waals surface area contributed by atoms with E-state index in [9.17, 15) is 41.0 Å². The average Bonchev–Trinajstić information content (AvgIpc) is 3.32. The highest BCUT2D eigenvalue weighted by molar-refractivity contribution is 5.77. The predicted octanol–water partition coefficient (Wildman–Crippen LogP) is 4.33. The molecule has 0 saturated carbocycles. The molecule has 1 saturated heterocycles. The van der Waals surface area contributed by atoms with Crippen molar-refractivity contribution in [1.82, 2.24) is 14.8 Å². The third kappa shape index (κ3) is 7.05. The molecule has 1 aromatic heterocycles. The van der Waals surface area contributed by atoms with Gasteiger partial charge >= 0.3 is 24.4 Å². The Morgan fingerprint density at radius 1 is 1.08 bits per heavy atom. The lowest BCUT2D eigenvalue weighted by molar-refractivity contribution is -0.308. The van der Waals surface area contributed by atoms with Gasteiger partial charge in [-0.2, -0.15) is 26.3 Å². The van der Waals surface area contributed by atoms with E-state index in [2.05, 4.69) is 9.72 Å². The van der Waals surface area contributed by atoms with E-state index < -0.39 is 36.1 Å². The number of nitrogens with zero attached hydrogens (tertiary/aromatic N) is 3. The van der Waals surface area contributed by atoms with E-state index in [1.165, 1.54) is 26.3 Å². The van der Waals surface area contributed by atoms with Crippen LogP contribution in [0.15, 0.2) is 35.1 Å². The predicted molar refractivity (Wildman–Crippen MR) is 114 cm³/mol. The van der Waals surface area contributed by atoms with Crippen molar-refractivity contribution in [1.29, 1.82) is 0 Å². The Balaban J connectivity index is 1.70. The quantitative estimate of drug-likeness (QED) is 0.519. The molecule has 1 amide bonds. The largest absolute Gasteiger partial charge is 0.478 e. The molecule has 9 nitrogen and oxygen atoms in total. The molecule has 37 heavy (non-hydrogen) atoms. The Hall–Kier alpha value is -3.49. The van der Waals surface area contributed by atoms with Crippen molar-refractivity contribution in [2.45, 2.75) is 44.4 Å². The molecule has 0 unspecified atom stereocenters. The number of piperazine rings is 1. The van der Waals surface area contributed by atoms with Crippen LogP contribution in [-0.2, 0) is 16.1 Å². The van der Waals surface area contributed by atoms with Crippen LogP contribution in [0.4, 0.5) is 31.1 Å². The van der Waals surface area contributed by atoms with E-state index >= 15 is 0 Å². The number of amides is 1. The van der Waals surface area contributed by atoms with Crippen molar-refractivity contribution in [3.05, 3.63) is 36.2 Å². The second-order valence-electron chi connectivity index (χ2n) is 8.69. The average molecular weight is 539 g/mol. The fourth-order valence-electron chi connectivity index (χ4n) is 3.42. The third-order valence-corrected chi connectivity index (χ3v) is 5.46. The standard InChI is InChI=1S/C22H23F6N3O6/c1-20(2,18(32)33)37-15-11-13(16-29-5-10-35-16)3-4-14(15)12-30-6-8-31(9-7-30)19(34)36-17(21(23,24)25)22(26,27)28/h3-5,10-11,17H,6-9,12H2,1-2H3,(H,32,33). The van der Waals surface area contributed by atoms with E-state index in [0.717, 1.165) is 4.90 Å². The molecule has 1 aromatic carbocycles. The van der Waals surface area contributed by atoms with Gasteiger partial charge in [0.1, 0.15) is 12.0 Å². The molecule has 1 N–H and O–H groups in total. The summed E-state index contributed by atoms with van der Waals surface area (Å²) in [7, 11) is 0. The van der Waals surface area contributed by atoms with Gasteiger partial charge in [0.05, 0.1) is 6.20 Å². The molecule has 0 spiro atoms. The van der Waals surface area contributed by atoms with Gasteiger partial charge in [-0.3, -0.25) is 4.90 Å². The van der Waals surface area contributed by atoms with Gasteiger partial charge in [-0.1, -0.05) is 6.07 Å². The minimum Gasteiger partial charge on any atom is -0.478 e. The molecular formula is C22H23F6N3O6. The van der Waals surface area contributed by atoms with Crippen LogP contribution in [0.25, 0.3) is 11.5 Å². The van der Waals surface area contributed by atoms with E-state index in [0.29, 0.717) is 11.1 Å². The minimum absolute atomic E-state index is 0.0983. The van der Waals surface area contributed by atoms with Gasteiger partial charge < -0.3 is 23.9 Å². The van der Waals surface area contributed by atoms with Crippen LogP contribution in [0, 0.1) is 0 Å². The summed E-state index contributed by atoms with van der Waals surface area (Å²) in [6.07, 6.45) is -14.7. The van der Waals surface area contributed by atoms with Gasteiger partial charge in [-0.15, -0.1) is 0 Å². The van der Waals surface area contributed by atoms with Gasteiger partial charge in [-0.25, -0.2) is 14.6 Å². The summed E-state index contributed by atoms with van der Waals surface area (Å²) in [4.78, 5) is 30.1. The number of carboxylic acid groups (broad SMARTS) is 1. The first-order chi connectivity index (χ1) is 17.1. The summed E-state index contributed by atoms with van der Waals surface area (Å²) in [5, 5.41) is 9.46. The molecule has 15 heteroatoms. The van der Waals surface area contributed by atoms with Crippen molar-refractivity contribution in [2.24, 2.45) is 0 Å². The van der Waals surface area contributed by atoms with E-state index in [1.807, 2.05) is 0 Å². The van der Waals surface area contributed by atoms with Gasteiger partial charge in [0.25, 0.3) is 6.10 Å². The van der Waals surface area contributed by atoms with Crippen molar-refractivity contribution < 1.29 is 54.9 Å². The highest BCUT2D eigenvalue weighted by Gasteiger charge is 2.60. The molecule has 3 rings (SSSR count). The number of benzene rings is 1. The number of hydrogen-bond acceptors (Lipinski definition) is 7. The first-order valence-corrected chi connectivity index (χ1v) is 10.8. The Morgan fingerprint density at radius 2 is 1.70 bits per heavy atom. The highest BCUT2D eigenvalue weighted by atomic mass is 19.4. The molecule has 0 atom stereocenters. The fourth-order valence-corrected chi connectivity index (χ4v) is 3.42. The zero-order chi connectivity index (χ0) is 27.6. The first kappa shape index (κ1) is 28.1. The van der Waals surface area contributed by atoms with Crippen LogP contribution >= 0.6 is 0 Å². The number of aliphatic carboxylic acids is 1. The Morgan fingerprint density at radius 3 is 2.22 bits per heavy atom. The molecule has 0 radical (unpaired) electrons. The second kappa shape index (κ2) is 10.5. The normalized spacial score (nSPS) is 15.6. The van der Waals surface area contributed by atoms with E-state index in [1.54, 1.807) is 23.1 Å². The van der Waals surface area contributed by atoms with Crippen molar-refractivity contribution in [3.63, 3.8) is 0 Å². The van der Waals surface area contributed by atoms with Gasteiger partial charge in [0, 0.05) is 43.9 Å². The second-order valence-corrected chi connectivity index (χ2v) is 8.69. The number of rotatable bonds is 7. The number of carboxylic acids is 1. The molecule has 1 aliphatic heterocycles. The molecule has 0 aliphatic carbocycles. The summed E-state index contributed by atoms with van der Waals surface area (Å²) >= 11 is 0. The summed E-state index contributed by atoms with van der Waals surface area (Å²) in [5.74, 6) is -0.737. The van der Waals surface area contributed by atoms with Gasteiger partial charge in [0.2, 0.25) is 5.89 Å². The Bertz CT molecular complexity index is 1080. The molecule has 2 aromatic rings. The molecule has 2 heterocycles. The van der Waals surface area contributed by atoms with Crippen LogP contribution in [0.2, 0.25) is 0 Å².